The van der Waals surface area contributed by atoms with E-state index < -0.39 is 6.09 Å². The Kier molecular flexibility index (Phi) is 4.12. The Morgan fingerprint density at radius 1 is 1.40 bits per heavy atom. The highest BCUT2D eigenvalue weighted by Crippen LogP contribution is 2.19. The van der Waals surface area contributed by atoms with Crippen molar-refractivity contribution in [1.29, 1.82) is 0 Å². The molecular formula is C11H15NO3. The lowest BCUT2D eigenvalue weighted by Crippen LogP contribution is -2.34. The van der Waals surface area contributed by atoms with E-state index in [9.17, 15) is 4.79 Å². The van der Waals surface area contributed by atoms with E-state index in [2.05, 4.69) is 0 Å². The topological polar surface area (TPSA) is 60.8 Å². The van der Waals surface area contributed by atoms with Gasteiger partial charge in [0.2, 0.25) is 0 Å². The fourth-order valence-corrected chi connectivity index (χ4v) is 1.47. The first-order valence-corrected chi connectivity index (χ1v) is 4.82. The zero-order valence-corrected chi connectivity index (χ0v) is 8.63. The molecule has 15 heavy (non-hydrogen) atoms. The van der Waals surface area contributed by atoms with E-state index in [-0.39, 0.29) is 19.2 Å². The fraction of sp³-hybridized carbons (Fsp3) is 0.364. The maximum Gasteiger partial charge on any atom is 0.407 e. The molecule has 0 radical (unpaired) electrons. The average molecular weight is 209 g/mol. The summed E-state index contributed by atoms with van der Waals surface area (Å²) in [6, 6.07) is 9.12. The Hall–Kier alpha value is -1.55. The highest BCUT2D eigenvalue weighted by molar-refractivity contribution is 5.65. The van der Waals surface area contributed by atoms with Gasteiger partial charge < -0.3 is 10.2 Å². The minimum atomic E-state index is -1.01. The number of carbonyl (C=O) groups is 1. The Morgan fingerprint density at radius 3 is 2.47 bits per heavy atom. The van der Waals surface area contributed by atoms with Gasteiger partial charge in [-0.3, -0.25) is 4.90 Å². The number of hydrogen-bond donors (Lipinski definition) is 2. The summed E-state index contributed by atoms with van der Waals surface area (Å²) in [7, 11) is 0. The minimum absolute atomic E-state index is 0.130. The Morgan fingerprint density at radius 2 is 2.00 bits per heavy atom. The minimum Gasteiger partial charge on any atom is -0.465 e. The van der Waals surface area contributed by atoms with Crippen LogP contribution in [-0.4, -0.2) is 34.4 Å². The quantitative estimate of drug-likeness (QED) is 0.793. The van der Waals surface area contributed by atoms with Crippen molar-refractivity contribution in [3.8, 4) is 0 Å². The molecule has 1 unspecified atom stereocenters. The van der Waals surface area contributed by atoms with Gasteiger partial charge in [0.05, 0.1) is 12.6 Å². The van der Waals surface area contributed by atoms with Crippen LogP contribution in [0.5, 0.6) is 0 Å². The second-order valence-corrected chi connectivity index (χ2v) is 3.29. The first-order chi connectivity index (χ1) is 7.16. The zero-order valence-electron chi connectivity index (χ0n) is 8.63. The summed E-state index contributed by atoms with van der Waals surface area (Å²) < 4.78 is 0. The molecule has 1 atom stereocenters. The van der Waals surface area contributed by atoms with E-state index in [1.165, 1.54) is 4.90 Å². The summed E-state index contributed by atoms with van der Waals surface area (Å²) in [6.07, 6.45) is -1.01. The molecule has 0 saturated carbocycles. The molecule has 1 aromatic rings. The highest BCUT2D eigenvalue weighted by Gasteiger charge is 2.19. The van der Waals surface area contributed by atoms with E-state index in [0.29, 0.717) is 0 Å². The van der Waals surface area contributed by atoms with Crippen molar-refractivity contribution in [3.05, 3.63) is 35.9 Å². The summed E-state index contributed by atoms with van der Waals surface area (Å²) in [5.41, 5.74) is 0.924. The number of carboxylic acid groups (broad SMARTS) is 1. The van der Waals surface area contributed by atoms with E-state index >= 15 is 0 Å². The van der Waals surface area contributed by atoms with Crippen molar-refractivity contribution in [2.45, 2.75) is 13.0 Å². The number of aliphatic hydroxyl groups is 1. The maximum atomic E-state index is 10.9. The third-order valence-electron chi connectivity index (χ3n) is 2.34. The van der Waals surface area contributed by atoms with Gasteiger partial charge in [0.1, 0.15) is 0 Å². The van der Waals surface area contributed by atoms with E-state index in [1.54, 1.807) is 6.92 Å². The lowest BCUT2D eigenvalue weighted by molar-refractivity contribution is 0.114. The second-order valence-electron chi connectivity index (χ2n) is 3.29. The van der Waals surface area contributed by atoms with Crippen molar-refractivity contribution in [1.82, 2.24) is 4.90 Å². The van der Waals surface area contributed by atoms with Gasteiger partial charge in [0.15, 0.2) is 0 Å². The van der Waals surface area contributed by atoms with E-state index in [0.717, 1.165) is 5.56 Å². The van der Waals surface area contributed by atoms with Crippen molar-refractivity contribution in [2.24, 2.45) is 0 Å². The average Bonchev–Trinajstić information content (AvgIpc) is 2.26. The van der Waals surface area contributed by atoms with Crippen LogP contribution in [0.1, 0.15) is 18.5 Å². The predicted octanol–water partition coefficient (Wildman–Crippen LogP) is 1.72. The van der Waals surface area contributed by atoms with Crippen molar-refractivity contribution in [3.63, 3.8) is 0 Å². The summed E-state index contributed by atoms with van der Waals surface area (Å²) in [4.78, 5) is 12.1. The Labute approximate surface area is 88.8 Å². The highest BCUT2D eigenvalue weighted by atomic mass is 16.4. The van der Waals surface area contributed by atoms with Crippen LogP contribution in [-0.2, 0) is 0 Å². The SMILES string of the molecule is CC(c1ccccc1)N(CCO)C(=O)O. The molecule has 82 valence electrons. The van der Waals surface area contributed by atoms with Crippen LogP contribution < -0.4 is 0 Å². The van der Waals surface area contributed by atoms with Gasteiger partial charge in [-0.2, -0.15) is 0 Å². The lowest BCUT2D eigenvalue weighted by atomic mass is 10.1. The molecule has 1 rings (SSSR count). The van der Waals surface area contributed by atoms with Gasteiger partial charge in [-0.15, -0.1) is 0 Å². The predicted molar refractivity (Wildman–Crippen MR) is 56.7 cm³/mol. The number of nitrogens with zero attached hydrogens (tertiary/aromatic N) is 1. The molecule has 0 saturated heterocycles. The maximum absolute atomic E-state index is 10.9. The molecule has 0 heterocycles. The molecule has 4 heteroatoms. The van der Waals surface area contributed by atoms with Gasteiger partial charge in [-0.25, -0.2) is 4.79 Å². The number of amides is 1. The van der Waals surface area contributed by atoms with Gasteiger partial charge in [-0.1, -0.05) is 30.3 Å². The first-order valence-electron chi connectivity index (χ1n) is 4.82. The smallest absolute Gasteiger partial charge is 0.407 e. The number of hydrogen-bond acceptors (Lipinski definition) is 2. The van der Waals surface area contributed by atoms with Gasteiger partial charge in [-0.05, 0) is 12.5 Å². The molecule has 0 fully saturated rings. The summed E-state index contributed by atoms with van der Waals surface area (Å²) in [6.45, 7) is 1.77. The fourth-order valence-electron chi connectivity index (χ4n) is 1.47. The van der Waals surface area contributed by atoms with Crippen molar-refractivity contribution in [2.75, 3.05) is 13.2 Å². The van der Waals surface area contributed by atoms with Gasteiger partial charge in [0.25, 0.3) is 0 Å². The Bertz CT molecular complexity index is 313. The molecular weight excluding hydrogens is 194 g/mol. The van der Waals surface area contributed by atoms with Crippen molar-refractivity contribution < 1.29 is 15.0 Å². The molecule has 1 amide bonds. The molecule has 0 aliphatic rings. The molecule has 0 spiro atoms. The molecule has 1 aromatic carbocycles. The number of benzene rings is 1. The normalized spacial score (nSPS) is 12.1. The lowest BCUT2D eigenvalue weighted by Gasteiger charge is -2.25. The van der Waals surface area contributed by atoms with Crippen LogP contribution in [0.2, 0.25) is 0 Å². The molecule has 0 aliphatic carbocycles. The number of aliphatic hydroxyl groups excluding tert-OH is 1. The largest absolute Gasteiger partial charge is 0.465 e. The summed E-state index contributed by atoms with van der Waals surface area (Å²) in [5, 5.41) is 17.7. The van der Waals surface area contributed by atoms with Gasteiger partial charge in [0, 0.05) is 6.54 Å². The van der Waals surface area contributed by atoms with E-state index in [1.807, 2.05) is 30.3 Å². The first kappa shape index (κ1) is 11.5. The zero-order chi connectivity index (χ0) is 11.3. The van der Waals surface area contributed by atoms with Crippen LogP contribution in [0.3, 0.4) is 0 Å². The molecule has 0 aliphatic heterocycles. The van der Waals surface area contributed by atoms with E-state index in [4.69, 9.17) is 10.2 Å². The van der Waals surface area contributed by atoms with Crippen LogP contribution in [0.25, 0.3) is 0 Å². The standard InChI is InChI=1S/C11H15NO3/c1-9(10-5-3-2-4-6-10)12(7-8-13)11(14)15/h2-6,9,13H,7-8H2,1H3,(H,14,15). The molecule has 2 N–H and O–H groups in total. The number of rotatable bonds is 4. The van der Waals surface area contributed by atoms with Gasteiger partial charge >= 0.3 is 6.09 Å². The van der Waals surface area contributed by atoms with Crippen LogP contribution in [0.15, 0.2) is 30.3 Å². The third-order valence-corrected chi connectivity index (χ3v) is 2.34. The van der Waals surface area contributed by atoms with Crippen LogP contribution >= 0.6 is 0 Å². The third kappa shape index (κ3) is 2.95. The Balaban J connectivity index is 2.81. The molecule has 4 nitrogen and oxygen atoms in total. The second kappa shape index (κ2) is 5.36. The molecule has 0 bridgehead atoms. The summed E-state index contributed by atoms with van der Waals surface area (Å²) in [5.74, 6) is 0. The summed E-state index contributed by atoms with van der Waals surface area (Å²) >= 11 is 0. The van der Waals surface area contributed by atoms with Crippen LogP contribution in [0, 0.1) is 0 Å². The monoisotopic (exact) mass is 209 g/mol. The van der Waals surface area contributed by atoms with Crippen molar-refractivity contribution >= 4 is 6.09 Å². The molecule has 0 aromatic heterocycles. The van der Waals surface area contributed by atoms with Crippen LogP contribution in [0.4, 0.5) is 4.79 Å².